The molecule has 2 rings (SSSR count). The van der Waals surface area contributed by atoms with Crippen molar-refractivity contribution >= 4 is 0 Å². The molecule has 2 N–H and O–H groups in total. The van der Waals surface area contributed by atoms with Crippen LogP contribution in [0.5, 0.6) is 0 Å². The van der Waals surface area contributed by atoms with Crippen molar-refractivity contribution in [3.8, 4) is 0 Å². The van der Waals surface area contributed by atoms with Gasteiger partial charge in [0.05, 0.1) is 0 Å². The third-order valence-corrected chi connectivity index (χ3v) is 3.80. The normalized spacial score (nSPS) is 30.3. The zero-order chi connectivity index (χ0) is 11.6. The van der Waals surface area contributed by atoms with Crippen molar-refractivity contribution in [2.45, 2.75) is 51.5 Å². The molecule has 1 saturated carbocycles. The van der Waals surface area contributed by atoms with Gasteiger partial charge < -0.3 is 5.73 Å². The summed E-state index contributed by atoms with van der Waals surface area (Å²) in [5.41, 5.74) is 9.28. The average Bonchev–Trinajstić information content (AvgIpc) is 2.21. The predicted octanol–water partition coefficient (Wildman–Crippen LogP) is 3.45. The quantitative estimate of drug-likeness (QED) is 0.806. The smallest absolute Gasteiger partial charge is 0.0197 e. The number of benzene rings is 1. The van der Waals surface area contributed by atoms with Crippen LogP contribution < -0.4 is 5.73 Å². The van der Waals surface area contributed by atoms with Crippen molar-refractivity contribution < 1.29 is 0 Å². The van der Waals surface area contributed by atoms with Gasteiger partial charge in [-0.05, 0) is 37.7 Å². The average molecular weight is 217 g/mol. The minimum absolute atomic E-state index is 0.0485. The van der Waals surface area contributed by atoms with Gasteiger partial charge in [-0.15, -0.1) is 0 Å². The van der Waals surface area contributed by atoms with Crippen LogP contribution in [-0.4, -0.2) is 5.54 Å². The molecule has 1 aliphatic rings. The van der Waals surface area contributed by atoms with Gasteiger partial charge >= 0.3 is 0 Å². The van der Waals surface area contributed by atoms with E-state index in [4.69, 9.17) is 5.73 Å². The Kier molecular flexibility index (Phi) is 3.34. The van der Waals surface area contributed by atoms with Crippen molar-refractivity contribution in [3.63, 3.8) is 0 Å². The molecule has 0 amide bonds. The van der Waals surface area contributed by atoms with Gasteiger partial charge in [-0.25, -0.2) is 0 Å². The number of aryl methyl sites for hydroxylation is 1. The van der Waals surface area contributed by atoms with E-state index in [-0.39, 0.29) is 5.54 Å². The zero-order valence-corrected chi connectivity index (χ0v) is 10.5. The molecular formula is C15H23N. The molecule has 1 aliphatic carbocycles. The van der Waals surface area contributed by atoms with E-state index in [1.165, 1.54) is 36.8 Å². The van der Waals surface area contributed by atoms with E-state index in [9.17, 15) is 0 Å². The highest BCUT2D eigenvalue weighted by atomic mass is 14.7. The van der Waals surface area contributed by atoms with Crippen LogP contribution in [0.2, 0.25) is 0 Å². The SMILES string of the molecule is Cc1ccc(CC2(N)CCCC(C)C2)cc1. The first-order chi connectivity index (χ1) is 7.57. The second kappa shape index (κ2) is 4.58. The number of nitrogens with two attached hydrogens (primary N) is 1. The van der Waals surface area contributed by atoms with Crippen LogP contribution in [0.1, 0.15) is 43.7 Å². The standard InChI is InChI=1S/C15H23N/c1-12-5-7-14(8-6-12)11-15(16)9-3-4-13(2)10-15/h5-8,13H,3-4,9-11,16H2,1-2H3. The highest BCUT2D eigenvalue weighted by Crippen LogP contribution is 2.32. The Morgan fingerprint density at radius 3 is 2.62 bits per heavy atom. The van der Waals surface area contributed by atoms with Crippen molar-refractivity contribution in [1.29, 1.82) is 0 Å². The molecule has 16 heavy (non-hydrogen) atoms. The summed E-state index contributed by atoms with van der Waals surface area (Å²) in [4.78, 5) is 0. The summed E-state index contributed by atoms with van der Waals surface area (Å²) in [6.07, 6.45) is 6.06. The van der Waals surface area contributed by atoms with E-state index in [0.717, 1.165) is 12.3 Å². The largest absolute Gasteiger partial charge is 0.325 e. The molecule has 2 unspecified atom stereocenters. The predicted molar refractivity (Wildman–Crippen MR) is 69.4 cm³/mol. The molecule has 88 valence electrons. The van der Waals surface area contributed by atoms with Gasteiger partial charge in [0, 0.05) is 5.54 Å². The summed E-state index contributed by atoms with van der Waals surface area (Å²) in [6, 6.07) is 8.82. The van der Waals surface area contributed by atoms with E-state index in [0.29, 0.717) is 0 Å². The van der Waals surface area contributed by atoms with Gasteiger partial charge in [0.15, 0.2) is 0 Å². The lowest BCUT2D eigenvalue weighted by atomic mass is 9.74. The Morgan fingerprint density at radius 1 is 1.31 bits per heavy atom. The van der Waals surface area contributed by atoms with Gasteiger partial charge in [-0.2, -0.15) is 0 Å². The summed E-state index contributed by atoms with van der Waals surface area (Å²) in [7, 11) is 0. The second-order valence-electron chi connectivity index (χ2n) is 5.73. The molecule has 0 saturated heterocycles. The number of hydrogen-bond donors (Lipinski definition) is 1. The molecule has 1 heteroatoms. The van der Waals surface area contributed by atoms with Crippen LogP contribution in [0.15, 0.2) is 24.3 Å². The van der Waals surface area contributed by atoms with Crippen LogP contribution in [0, 0.1) is 12.8 Å². The van der Waals surface area contributed by atoms with E-state index < -0.39 is 0 Å². The number of rotatable bonds is 2. The molecule has 0 bridgehead atoms. The molecule has 1 aromatic carbocycles. The van der Waals surface area contributed by atoms with E-state index >= 15 is 0 Å². The monoisotopic (exact) mass is 217 g/mol. The van der Waals surface area contributed by atoms with Gasteiger partial charge in [0.1, 0.15) is 0 Å². The first-order valence-corrected chi connectivity index (χ1v) is 6.42. The highest BCUT2D eigenvalue weighted by molar-refractivity contribution is 5.23. The zero-order valence-electron chi connectivity index (χ0n) is 10.5. The van der Waals surface area contributed by atoms with Gasteiger partial charge in [-0.3, -0.25) is 0 Å². The maximum Gasteiger partial charge on any atom is 0.0197 e. The molecule has 1 nitrogen and oxygen atoms in total. The van der Waals surface area contributed by atoms with E-state index in [2.05, 4.69) is 38.1 Å². The van der Waals surface area contributed by atoms with Crippen molar-refractivity contribution in [3.05, 3.63) is 35.4 Å². The van der Waals surface area contributed by atoms with Gasteiger partial charge in [0.2, 0.25) is 0 Å². The van der Waals surface area contributed by atoms with Gasteiger partial charge in [0.25, 0.3) is 0 Å². The Hall–Kier alpha value is -0.820. The maximum absolute atomic E-state index is 6.52. The van der Waals surface area contributed by atoms with Crippen LogP contribution in [0.4, 0.5) is 0 Å². The molecule has 2 atom stereocenters. The minimum atomic E-state index is 0.0485. The fourth-order valence-corrected chi connectivity index (χ4v) is 2.97. The third-order valence-electron chi connectivity index (χ3n) is 3.80. The van der Waals surface area contributed by atoms with Crippen molar-refractivity contribution in [2.24, 2.45) is 11.7 Å². The summed E-state index contributed by atoms with van der Waals surface area (Å²) < 4.78 is 0. The fraction of sp³-hybridized carbons (Fsp3) is 0.600. The molecule has 0 spiro atoms. The molecule has 0 aromatic heterocycles. The second-order valence-corrected chi connectivity index (χ2v) is 5.73. The van der Waals surface area contributed by atoms with Crippen LogP contribution >= 0.6 is 0 Å². The van der Waals surface area contributed by atoms with E-state index in [1.807, 2.05) is 0 Å². The molecule has 1 aromatic rings. The lowest BCUT2D eigenvalue weighted by Crippen LogP contribution is -2.45. The Morgan fingerprint density at radius 2 is 2.00 bits per heavy atom. The summed E-state index contributed by atoms with van der Waals surface area (Å²) >= 11 is 0. The Labute approximate surface area is 99.0 Å². The van der Waals surface area contributed by atoms with Crippen molar-refractivity contribution in [2.75, 3.05) is 0 Å². The molecule has 1 fully saturated rings. The van der Waals surface area contributed by atoms with E-state index in [1.54, 1.807) is 0 Å². The third kappa shape index (κ3) is 2.85. The van der Waals surface area contributed by atoms with Crippen LogP contribution in [0.3, 0.4) is 0 Å². The summed E-state index contributed by atoms with van der Waals surface area (Å²) in [5.74, 6) is 0.796. The summed E-state index contributed by atoms with van der Waals surface area (Å²) in [5, 5.41) is 0. The summed E-state index contributed by atoms with van der Waals surface area (Å²) in [6.45, 7) is 4.46. The lowest BCUT2D eigenvalue weighted by molar-refractivity contribution is 0.235. The maximum atomic E-state index is 6.52. The Balaban J connectivity index is 2.05. The molecular weight excluding hydrogens is 194 g/mol. The molecule has 0 heterocycles. The van der Waals surface area contributed by atoms with Crippen LogP contribution in [-0.2, 0) is 6.42 Å². The first-order valence-electron chi connectivity index (χ1n) is 6.42. The Bertz CT molecular complexity index is 341. The molecule has 0 radical (unpaired) electrons. The first kappa shape index (κ1) is 11.7. The molecule has 0 aliphatic heterocycles. The van der Waals surface area contributed by atoms with Crippen LogP contribution in [0.25, 0.3) is 0 Å². The van der Waals surface area contributed by atoms with Gasteiger partial charge in [-0.1, -0.05) is 49.6 Å². The topological polar surface area (TPSA) is 26.0 Å². The number of hydrogen-bond acceptors (Lipinski definition) is 1. The van der Waals surface area contributed by atoms with Crippen molar-refractivity contribution in [1.82, 2.24) is 0 Å². The fourth-order valence-electron chi connectivity index (χ4n) is 2.97. The lowest BCUT2D eigenvalue weighted by Gasteiger charge is -2.37. The minimum Gasteiger partial charge on any atom is -0.325 e. The highest BCUT2D eigenvalue weighted by Gasteiger charge is 2.30.